The molecule has 0 aromatic rings. The molecule has 1 atom stereocenters. The van der Waals surface area contributed by atoms with Gasteiger partial charge >= 0.3 is 0 Å². The molecule has 0 aromatic carbocycles. The van der Waals surface area contributed by atoms with E-state index in [-0.39, 0.29) is 0 Å². The van der Waals surface area contributed by atoms with Crippen LogP contribution in [0.15, 0.2) is 0 Å². The van der Waals surface area contributed by atoms with Crippen LogP contribution in [0.1, 0.15) is 33.6 Å². The normalized spacial score (nSPS) is 15.0. The molecule has 0 radical (unpaired) electrons. The standard InChI is InChI=1S/C9H19IO/c1-9(2,3)8(4-6-10)5-7-11/h8,11H,4-7H2,1-3H3. The van der Waals surface area contributed by atoms with Crippen molar-refractivity contribution in [1.82, 2.24) is 0 Å². The van der Waals surface area contributed by atoms with Crippen molar-refractivity contribution in [3.05, 3.63) is 0 Å². The fraction of sp³-hybridized carbons (Fsp3) is 1.00. The molecule has 2 heteroatoms. The van der Waals surface area contributed by atoms with Gasteiger partial charge in [0.25, 0.3) is 0 Å². The molecule has 0 spiro atoms. The first-order chi connectivity index (χ1) is 5.02. The second-order valence-electron chi connectivity index (χ2n) is 4.05. The molecule has 0 amide bonds. The van der Waals surface area contributed by atoms with Crippen molar-refractivity contribution >= 4 is 22.6 Å². The summed E-state index contributed by atoms with van der Waals surface area (Å²) in [6.07, 6.45) is 2.18. The monoisotopic (exact) mass is 270 g/mol. The number of halogens is 1. The Balaban J connectivity index is 3.88. The molecule has 0 aliphatic carbocycles. The number of alkyl halides is 1. The zero-order valence-electron chi connectivity index (χ0n) is 7.73. The van der Waals surface area contributed by atoms with E-state index in [1.54, 1.807) is 0 Å². The van der Waals surface area contributed by atoms with Gasteiger partial charge in [0.05, 0.1) is 0 Å². The maximum absolute atomic E-state index is 8.82. The summed E-state index contributed by atoms with van der Waals surface area (Å²) in [5.41, 5.74) is 0.355. The van der Waals surface area contributed by atoms with Crippen molar-refractivity contribution in [3.63, 3.8) is 0 Å². The third-order valence-electron chi connectivity index (χ3n) is 2.16. The van der Waals surface area contributed by atoms with E-state index in [2.05, 4.69) is 43.4 Å². The van der Waals surface area contributed by atoms with Gasteiger partial charge in [-0.1, -0.05) is 43.4 Å². The lowest BCUT2D eigenvalue weighted by Gasteiger charge is -2.29. The maximum Gasteiger partial charge on any atom is 0.0433 e. The predicted molar refractivity (Wildman–Crippen MR) is 58.2 cm³/mol. The minimum atomic E-state index is 0.332. The van der Waals surface area contributed by atoms with Crippen LogP contribution in [0.25, 0.3) is 0 Å². The largest absolute Gasteiger partial charge is 0.396 e. The van der Waals surface area contributed by atoms with Crippen LogP contribution in [-0.4, -0.2) is 16.1 Å². The second-order valence-corrected chi connectivity index (χ2v) is 5.13. The van der Waals surface area contributed by atoms with Crippen molar-refractivity contribution in [1.29, 1.82) is 0 Å². The lowest BCUT2D eigenvalue weighted by atomic mass is 9.77. The molecule has 1 nitrogen and oxygen atoms in total. The molecule has 0 saturated carbocycles. The lowest BCUT2D eigenvalue weighted by Crippen LogP contribution is -2.21. The summed E-state index contributed by atoms with van der Waals surface area (Å²) < 4.78 is 1.19. The highest BCUT2D eigenvalue weighted by Gasteiger charge is 2.22. The predicted octanol–water partition coefficient (Wildman–Crippen LogP) is 2.86. The van der Waals surface area contributed by atoms with E-state index in [0.29, 0.717) is 17.9 Å². The molecule has 0 heterocycles. The molecule has 0 aliphatic heterocycles. The van der Waals surface area contributed by atoms with Crippen LogP contribution in [0, 0.1) is 11.3 Å². The van der Waals surface area contributed by atoms with Gasteiger partial charge in [0.1, 0.15) is 0 Å². The fourth-order valence-electron chi connectivity index (χ4n) is 1.30. The van der Waals surface area contributed by atoms with E-state index in [4.69, 9.17) is 5.11 Å². The van der Waals surface area contributed by atoms with Gasteiger partial charge in [0, 0.05) is 6.61 Å². The molecule has 0 saturated heterocycles. The Morgan fingerprint density at radius 2 is 1.82 bits per heavy atom. The smallest absolute Gasteiger partial charge is 0.0433 e. The van der Waals surface area contributed by atoms with E-state index < -0.39 is 0 Å². The Morgan fingerprint density at radius 3 is 2.09 bits per heavy atom. The molecule has 0 aromatic heterocycles. The third kappa shape index (κ3) is 5.01. The minimum Gasteiger partial charge on any atom is -0.396 e. The number of aliphatic hydroxyl groups excluding tert-OH is 1. The lowest BCUT2D eigenvalue weighted by molar-refractivity contribution is 0.171. The first-order valence-corrected chi connectivity index (χ1v) is 5.71. The van der Waals surface area contributed by atoms with Gasteiger partial charge in [-0.15, -0.1) is 0 Å². The molecule has 0 bridgehead atoms. The SMILES string of the molecule is CC(C)(C)C(CCO)CCI. The molecular formula is C9H19IO. The van der Waals surface area contributed by atoms with Gasteiger partial charge in [-0.25, -0.2) is 0 Å². The van der Waals surface area contributed by atoms with Gasteiger partial charge in [0.2, 0.25) is 0 Å². The van der Waals surface area contributed by atoms with E-state index in [1.807, 2.05) is 0 Å². The van der Waals surface area contributed by atoms with Crippen LogP contribution in [-0.2, 0) is 0 Å². The molecule has 0 aliphatic rings. The van der Waals surface area contributed by atoms with Crippen molar-refractivity contribution in [3.8, 4) is 0 Å². The van der Waals surface area contributed by atoms with Gasteiger partial charge in [-0.2, -0.15) is 0 Å². The summed E-state index contributed by atoms with van der Waals surface area (Å²) >= 11 is 2.40. The Kier molecular flexibility index (Phi) is 5.69. The minimum absolute atomic E-state index is 0.332. The molecule has 1 N–H and O–H groups in total. The van der Waals surface area contributed by atoms with E-state index in [0.717, 1.165) is 6.42 Å². The zero-order chi connectivity index (χ0) is 8.91. The zero-order valence-corrected chi connectivity index (χ0v) is 9.89. The Labute approximate surface area is 83.7 Å². The average molecular weight is 270 g/mol. The Morgan fingerprint density at radius 1 is 1.27 bits per heavy atom. The number of rotatable bonds is 4. The van der Waals surface area contributed by atoms with Crippen LogP contribution in [0.3, 0.4) is 0 Å². The van der Waals surface area contributed by atoms with Crippen LogP contribution < -0.4 is 0 Å². The number of hydrogen-bond acceptors (Lipinski definition) is 1. The summed E-state index contributed by atoms with van der Waals surface area (Å²) in [5, 5.41) is 8.82. The quantitative estimate of drug-likeness (QED) is 0.615. The van der Waals surface area contributed by atoms with Crippen molar-refractivity contribution < 1.29 is 5.11 Å². The topological polar surface area (TPSA) is 20.2 Å². The molecule has 1 unspecified atom stereocenters. The molecule has 0 rings (SSSR count). The van der Waals surface area contributed by atoms with Crippen LogP contribution in [0.2, 0.25) is 0 Å². The first kappa shape index (κ1) is 11.7. The fourth-order valence-corrected chi connectivity index (χ4v) is 2.05. The van der Waals surface area contributed by atoms with Crippen molar-refractivity contribution in [2.75, 3.05) is 11.0 Å². The Bertz CT molecular complexity index is 90.2. The van der Waals surface area contributed by atoms with Crippen molar-refractivity contribution in [2.45, 2.75) is 33.6 Å². The highest BCUT2D eigenvalue weighted by Crippen LogP contribution is 2.31. The van der Waals surface area contributed by atoms with Crippen LogP contribution >= 0.6 is 22.6 Å². The third-order valence-corrected chi connectivity index (χ3v) is 2.78. The van der Waals surface area contributed by atoms with Gasteiger partial charge in [0.15, 0.2) is 0 Å². The second kappa shape index (κ2) is 5.36. The van der Waals surface area contributed by atoms with Gasteiger partial charge in [-0.3, -0.25) is 0 Å². The number of hydrogen-bond donors (Lipinski definition) is 1. The summed E-state index contributed by atoms with van der Waals surface area (Å²) in [6, 6.07) is 0. The van der Waals surface area contributed by atoms with Crippen molar-refractivity contribution in [2.24, 2.45) is 11.3 Å². The van der Waals surface area contributed by atoms with Gasteiger partial charge < -0.3 is 5.11 Å². The molecule has 68 valence electrons. The highest BCUT2D eigenvalue weighted by atomic mass is 127. The van der Waals surface area contributed by atoms with Crippen LogP contribution in [0.5, 0.6) is 0 Å². The van der Waals surface area contributed by atoms with E-state index in [9.17, 15) is 0 Å². The summed E-state index contributed by atoms with van der Waals surface area (Å²) in [4.78, 5) is 0. The molecule has 11 heavy (non-hydrogen) atoms. The summed E-state index contributed by atoms with van der Waals surface area (Å²) in [6.45, 7) is 7.08. The van der Waals surface area contributed by atoms with Gasteiger partial charge in [-0.05, 0) is 28.6 Å². The average Bonchev–Trinajstić information content (AvgIpc) is 1.85. The van der Waals surface area contributed by atoms with E-state index >= 15 is 0 Å². The molecule has 0 fully saturated rings. The highest BCUT2D eigenvalue weighted by molar-refractivity contribution is 14.1. The summed E-state index contributed by atoms with van der Waals surface area (Å²) in [5.74, 6) is 0.671. The van der Waals surface area contributed by atoms with E-state index in [1.165, 1.54) is 10.8 Å². The summed E-state index contributed by atoms with van der Waals surface area (Å²) in [7, 11) is 0. The Hall–Kier alpha value is 0.690. The first-order valence-electron chi connectivity index (χ1n) is 4.19. The number of aliphatic hydroxyl groups is 1. The van der Waals surface area contributed by atoms with Crippen LogP contribution in [0.4, 0.5) is 0 Å². The molecular weight excluding hydrogens is 251 g/mol. The maximum atomic E-state index is 8.82.